The molecule has 0 amide bonds. The Morgan fingerprint density at radius 1 is 1.04 bits per heavy atom. The number of thiocarbonyl (C=S) groups is 1. The van der Waals surface area contributed by atoms with Crippen molar-refractivity contribution in [3.8, 4) is 0 Å². The van der Waals surface area contributed by atoms with E-state index in [0.29, 0.717) is 6.04 Å². The third-order valence-electron chi connectivity index (χ3n) is 5.06. The highest BCUT2D eigenvalue weighted by atomic mass is 32.1. The van der Waals surface area contributed by atoms with Crippen molar-refractivity contribution in [3.05, 3.63) is 90.0 Å². The van der Waals surface area contributed by atoms with E-state index in [1.165, 1.54) is 11.3 Å². The Hall–Kier alpha value is -2.66. The van der Waals surface area contributed by atoms with Gasteiger partial charge in [0.05, 0.1) is 17.8 Å². The lowest BCUT2D eigenvalue weighted by molar-refractivity contribution is 0.293. The molecule has 0 bridgehead atoms. The average molecular weight is 377 g/mol. The fourth-order valence-corrected chi connectivity index (χ4v) is 4.11. The zero-order valence-electron chi connectivity index (χ0n) is 15.6. The van der Waals surface area contributed by atoms with Gasteiger partial charge in [-0.1, -0.05) is 36.4 Å². The smallest absolute Gasteiger partial charge is 0.170 e. The number of pyridine rings is 1. The quantitative estimate of drug-likeness (QED) is 0.658. The van der Waals surface area contributed by atoms with Crippen molar-refractivity contribution in [2.45, 2.75) is 38.5 Å². The molecule has 1 aromatic carbocycles. The molecule has 1 N–H and O–H groups in total. The van der Waals surface area contributed by atoms with E-state index < -0.39 is 0 Å². The van der Waals surface area contributed by atoms with Crippen LogP contribution in [0.4, 0.5) is 0 Å². The molecule has 27 heavy (non-hydrogen) atoms. The second-order valence-corrected chi connectivity index (χ2v) is 7.56. The standard InChI is InChI=1S/C22H24N4S/c1-16(2)25-14-8-12-19(25)21-20(18-11-6-7-13-23-18)24-22(27)26(21)15-17-9-4-3-5-10-17/h3-14,16,20-21H,15H2,1-2H3,(H,24,27)/t20-,21+/m1/s1. The molecule has 1 saturated heterocycles. The normalized spacial score (nSPS) is 19.5. The van der Waals surface area contributed by atoms with Crippen LogP contribution < -0.4 is 5.32 Å². The molecule has 0 aliphatic carbocycles. The van der Waals surface area contributed by atoms with Gasteiger partial charge in [-0.25, -0.2) is 0 Å². The van der Waals surface area contributed by atoms with Crippen LogP contribution in [0.5, 0.6) is 0 Å². The predicted octanol–water partition coefficient (Wildman–Crippen LogP) is 4.64. The van der Waals surface area contributed by atoms with Crippen molar-refractivity contribution >= 4 is 17.3 Å². The first-order valence-corrected chi connectivity index (χ1v) is 9.74. The minimum absolute atomic E-state index is 0.0230. The SMILES string of the molecule is CC(C)n1cccc1[C@H]1[C@@H](c2ccccn2)NC(=S)N1Cc1ccccc1. The molecule has 3 aromatic rings. The Labute approximate surface area is 165 Å². The molecule has 0 saturated carbocycles. The van der Waals surface area contributed by atoms with Crippen LogP contribution >= 0.6 is 12.2 Å². The van der Waals surface area contributed by atoms with E-state index in [2.05, 4.69) is 82.3 Å². The summed E-state index contributed by atoms with van der Waals surface area (Å²) in [6.45, 7) is 5.19. The van der Waals surface area contributed by atoms with E-state index in [9.17, 15) is 0 Å². The lowest BCUT2D eigenvalue weighted by Crippen LogP contribution is -2.30. The summed E-state index contributed by atoms with van der Waals surface area (Å²) in [6, 6.07) is 21.4. The summed E-state index contributed by atoms with van der Waals surface area (Å²) in [5.41, 5.74) is 3.51. The maximum atomic E-state index is 5.75. The van der Waals surface area contributed by atoms with Gasteiger partial charge in [-0.2, -0.15) is 0 Å². The van der Waals surface area contributed by atoms with Gasteiger partial charge in [-0.05, 0) is 55.9 Å². The van der Waals surface area contributed by atoms with E-state index in [0.717, 1.165) is 17.4 Å². The minimum atomic E-state index is 0.0230. The molecule has 4 nitrogen and oxygen atoms in total. The summed E-state index contributed by atoms with van der Waals surface area (Å²) in [5.74, 6) is 0. The number of hydrogen-bond donors (Lipinski definition) is 1. The highest BCUT2D eigenvalue weighted by molar-refractivity contribution is 7.80. The van der Waals surface area contributed by atoms with Crippen LogP contribution in [0.15, 0.2) is 73.1 Å². The molecule has 2 atom stereocenters. The highest BCUT2D eigenvalue weighted by Crippen LogP contribution is 2.40. The van der Waals surface area contributed by atoms with Gasteiger partial charge in [0.2, 0.25) is 0 Å². The van der Waals surface area contributed by atoms with Gasteiger partial charge in [-0.3, -0.25) is 4.98 Å². The van der Waals surface area contributed by atoms with Gasteiger partial charge in [0.15, 0.2) is 5.11 Å². The molecule has 3 heterocycles. The zero-order valence-corrected chi connectivity index (χ0v) is 16.4. The third-order valence-corrected chi connectivity index (χ3v) is 5.42. The average Bonchev–Trinajstić information content (AvgIpc) is 3.28. The second-order valence-electron chi connectivity index (χ2n) is 7.17. The number of rotatable bonds is 5. The molecule has 4 rings (SSSR count). The van der Waals surface area contributed by atoms with Gasteiger partial charge < -0.3 is 14.8 Å². The number of benzene rings is 1. The summed E-state index contributed by atoms with van der Waals surface area (Å²) >= 11 is 5.75. The van der Waals surface area contributed by atoms with Gasteiger partial charge in [0, 0.05) is 30.7 Å². The van der Waals surface area contributed by atoms with Crippen LogP contribution in [-0.2, 0) is 6.54 Å². The van der Waals surface area contributed by atoms with Gasteiger partial charge in [-0.15, -0.1) is 0 Å². The zero-order chi connectivity index (χ0) is 18.8. The van der Waals surface area contributed by atoms with E-state index in [1.807, 2.05) is 24.4 Å². The van der Waals surface area contributed by atoms with Crippen molar-refractivity contribution in [1.29, 1.82) is 0 Å². The van der Waals surface area contributed by atoms with Crippen LogP contribution in [0.1, 0.15) is 48.9 Å². The van der Waals surface area contributed by atoms with E-state index >= 15 is 0 Å². The molecular formula is C22H24N4S. The predicted molar refractivity (Wildman–Crippen MR) is 112 cm³/mol. The number of nitrogens with zero attached hydrogens (tertiary/aromatic N) is 3. The molecule has 0 spiro atoms. The molecule has 2 aromatic heterocycles. The second kappa shape index (κ2) is 7.53. The summed E-state index contributed by atoms with van der Waals surface area (Å²) in [4.78, 5) is 6.90. The summed E-state index contributed by atoms with van der Waals surface area (Å²) in [7, 11) is 0. The lowest BCUT2D eigenvalue weighted by Gasteiger charge is -2.30. The van der Waals surface area contributed by atoms with Gasteiger partial charge in [0.25, 0.3) is 0 Å². The highest BCUT2D eigenvalue weighted by Gasteiger charge is 2.41. The molecule has 138 valence electrons. The van der Waals surface area contributed by atoms with Crippen molar-refractivity contribution in [1.82, 2.24) is 19.8 Å². The molecular weight excluding hydrogens is 352 g/mol. The third kappa shape index (κ3) is 3.47. The fourth-order valence-electron chi connectivity index (χ4n) is 3.81. The summed E-state index contributed by atoms with van der Waals surface area (Å²) in [6.07, 6.45) is 4.00. The fraction of sp³-hybridized carbons (Fsp3) is 0.273. The molecule has 1 aliphatic rings. The molecule has 0 unspecified atom stereocenters. The van der Waals surface area contributed by atoms with Crippen LogP contribution in [0.2, 0.25) is 0 Å². The first-order chi connectivity index (χ1) is 13.1. The van der Waals surface area contributed by atoms with Crippen LogP contribution in [0.25, 0.3) is 0 Å². The van der Waals surface area contributed by atoms with Crippen molar-refractivity contribution in [3.63, 3.8) is 0 Å². The summed E-state index contributed by atoms with van der Waals surface area (Å²) < 4.78 is 2.33. The monoisotopic (exact) mass is 376 g/mol. The molecule has 5 heteroatoms. The number of nitrogens with one attached hydrogen (secondary N) is 1. The Morgan fingerprint density at radius 2 is 1.81 bits per heavy atom. The number of hydrogen-bond acceptors (Lipinski definition) is 2. The van der Waals surface area contributed by atoms with E-state index in [1.54, 1.807) is 0 Å². The first kappa shape index (κ1) is 17.7. The van der Waals surface area contributed by atoms with Crippen LogP contribution in [0.3, 0.4) is 0 Å². The largest absolute Gasteiger partial charge is 0.352 e. The van der Waals surface area contributed by atoms with Crippen molar-refractivity contribution in [2.24, 2.45) is 0 Å². The topological polar surface area (TPSA) is 33.1 Å². The maximum absolute atomic E-state index is 5.75. The number of aromatic nitrogens is 2. The van der Waals surface area contributed by atoms with E-state index in [-0.39, 0.29) is 12.1 Å². The van der Waals surface area contributed by atoms with Crippen LogP contribution in [0, 0.1) is 0 Å². The van der Waals surface area contributed by atoms with Gasteiger partial charge >= 0.3 is 0 Å². The van der Waals surface area contributed by atoms with Crippen molar-refractivity contribution in [2.75, 3.05) is 0 Å². The molecule has 1 fully saturated rings. The van der Waals surface area contributed by atoms with Gasteiger partial charge in [0.1, 0.15) is 0 Å². The minimum Gasteiger partial charge on any atom is -0.352 e. The molecule has 1 aliphatic heterocycles. The van der Waals surface area contributed by atoms with E-state index in [4.69, 9.17) is 12.2 Å². The Kier molecular flexibility index (Phi) is 4.94. The maximum Gasteiger partial charge on any atom is 0.170 e. The van der Waals surface area contributed by atoms with Crippen molar-refractivity contribution < 1.29 is 0 Å². The first-order valence-electron chi connectivity index (χ1n) is 9.34. The lowest BCUT2D eigenvalue weighted by atomic mass is 10.0. The van der Waals surface area contributed by atoms with Crippen LogP contribution in [-0.4, -0.2) is 19.6 Å². The summed E-state index contributed by atoms with van der Waals surface area (Å²) in [5, 5.41) is 4.30. The Bertz CT molecular complexity index is 904. The molecule has 0 radical (unpaired) electrons. The Balaban J connectivity index is 1.77. The Morgan fingerprint density at radius 3 is 2.52 bits per heavy atom.